The molecule has 1 amide bonds. The van der Waals surface area contributed by atoms with Gasteiger partial charge in [-0.25, -0.2) is 9.97 Å². The summed E-state index contributed by atoms with van der Waals surface area (Å²) in [6.07, 6.45) is 2.79. The van der Waals surface area contributed by atoms with Crippen LogP contribution in [-0.4, -0.2) is 43.7 Å². The van der Waals surface area contributed by atoms with Crippen molar-refractivity contribution in [1.82, 2.24) is 9.97 Å². The third-order valence-electron chi connectivity index (χ3n) is 2.75. The Morgan fingerprint density at radius 2 is 2.11 bits per heavy atom. The molecule has 7 nitrogen and oxygen atoms in total. The zero-order chi connectivity index (χ0) is 14.0. The van der Waals surface area contributed by atoms with Gasteiger partial charge in [0.25, 0.3) is 0 Å². The normalized spacial score (nSPS) is 19.8. The molecule has 1 aromatic rings. The first-order chi connectivity index (χ1) is 8.89. The van der Waals surface area contributed by atoms with Crippen LogP contribution < -0.4 is 9.64 Å². The number of hydrogen-bond acceptors (Lipinski definition) is 6. The minimum atomic E-state index is -4.58. The molecule has 1 saturated heterocycles. The second kappa shape index (κ2) is 5.08. The lowest BCUT2D eigenvalue weighted by molar-refractivity contribution is -0.117. The number of carbonyl (C=O) groups excluding carboxylic acids is 1. The average Bonchev–Trinajstić information content (AvgIpc) is 2.68. The molecule has 9 heteroatoms. The van der Waals surface area contributed by atoms with Crippen molar-refractivity contribution in [3.63, 3.8) is 0 Å². The van der Waals surface area contributed by atoms with E-state index in [2.05, 4.69) is 9.97 Å². The largest absolute Gasteiger partial charge is 0.467 e. The monoisotopic (exact) mass is 289 g/mol. The maximum absolute atomic E-state index is 12.6. The van der Waals surface area contributed by atoms with E-state index >= 15 is 0 Å². The lowest BCUT2D eigenvalue weighted by atomic mass is 10.1. The fraction of sp³-hybridized carbons (Fsp3) is 0.500. The number of ether oxygens (including phenoxy) is 1. The van der Waals surface area contributed by atoms with Crippen molar-refractivity contribution < 1.29 is 21.8 Å². The zero-order valence-corrected chi connectivity index (χ0v) is 10.9. The quantitative estimate of drug-likeness (QED) is 0.732. The van der Waals surface area contributed by atoms with Crippen LogP contribution in [0.15, 0.2) is 12.4 Å². The highest BCUT2D eigenvalue weighted by atomic mass is 32.3. The maximum Gasteiger partial charge on any atom is 0.316 e. The van der Waals surface area contributed by atoms with Crippen molar-refractivity contribution in [2.75, 3.05) is 24.3 Å². The van der Waals surface area contributed by atoms with Gasteiger partial charge in [-0.1, -0.05) is 0 Å². The van der Waals surface area contributed by atoms with Crippen molar-refractivity contribution in [2.24, 2.45) is 5.92 Å². The van der Waals surface area contributed by atoms with Crippen molar-refractivity contribution in [3.8, 4) is 6.01 Å². The Hall–Kier alpha value is -1.77. The van der Waals surface area contributed by atoms with Crippen LogP contribution in [-0.2, 0) is 15.0 Å². The number of carbonyl (C=O) groups is 1. The molecule has 19 heavy (non-hydrogen) atoms. The van der Waals surface area contributed by atoms with Crippen LogP contribution in [0.3, 0.4) is 0 Å². The number of aromatic nitrogens is 2. The lowest BCUT2D eigenvalue weighted by Gasteiger charge is -2.15. The van der Waals surface area contributed by atoms with Crippen molar-refractivity contribution in [1.29, 1.82) is 0 Å². The van der Waals surface area contributed by atoms with Crippen LogP contribution in [0.25, 0.3) is 0 Å². The molecule has 0 saturated carbocycles. The number of halogens is 1. The summed E-state index contributed by atoms with van der Waals surface area (Å²) in [4.78, 5) is 20.8. The second-order valence-electron chi connectivity index (χ2n) is 4.21. The molecule has 2 rings (SSSR count). The highest BCUT2D eigenvalue weighted by Gasteiger charge is 2.33. The Morgan fingerprint density at radius 3 is 2.63 bits per heavy atom. The summed E-state index contributed by atoms with van der Waals surface area (Å²) in [5, 5.41) is 0. The first-order valence-electron chi connectivity index (χ1n) is 5.48. The number of anilines is 1. The van der Waals surface area contributed by atoms with Gasteiger partial charge < -0.3 is 9.64 Å². The maximum atomic E-state index is 12.6. The van der Waals surface area contributed by atoms with Gasteiger partial charge in [-0.2, -0.15) is 8.42 Å². The Balaban J connectivity index is 2.11. The van der Waals surface area contributed by atoms with Gasteiger partial charge in [-0.3, -0.25) is 4.79 Å². The van der Waals surface area contributed by atoms with Crippen LogP contribution >= 0.6 is 0 Å². The van der Waals surface area contributed by atoms with Gasteiger partial charge in [0.1, 0.15) is 0 Å². The Kier molecular flexibility index (Phi) is 3.65. The Labute approximate surface area is 109 Å². The van der Waals surface area contributed by atoms with Crippen LogP contribution in [0.5, 0.6) is 6.01 Å². The number of hydrogen-bond donors (Lipinski definition) is 0. The summed E-state index contributed by atoms with van der Waals surface area (Å²) in [6, 6.07) is 0.165. The zero-order valence-electron chi connectivity index (χ0n) is 10.1. The van der Waals surface area contributed by atoms with E-state index < -0.39 is 21.9 Å². The second-order valence-corrected chi connectivity index (χ2v) is 5.62. The van der Waals surface area contributed by atoms with Gasteiger partial charge in [0.05, 0.1) is 30.9 Å². The number of rotatable bonds is 4. The van der Waals surface area contributed by atoms with E-state index in [1.54, 1.807) is 0 Å². The molecule has 0 N–H and O–H groups in total. The molecular formula is C10H12FN3O4S. The highest BCUT2D eigenvalue weighted by molar-refractivity contribution is 7.86. The standard InChI is InChI=1S/C10H12FN3O4S/c1-18-10-12-3-8(4-13-10)14-5-7(2-9(14)15)6-19(11,16)17/h3-4,7H,2,5-6H2,1H3. The topological polar surface area (TPSA) is 89.5 Å². The molecule has 0 aliphatic carbocycles. The van der Waals surface area contributed by atoms with Gasteiger partial charge in [-0.05, 0) is 0 Å². The number of methoxy groups -OCH3 is 1. The van der Waals surface area contributed by atoms with Gasteiger partial charge in [0, 0.05) is 18.9 Å². The van der Waals surface area contributed by atoms with E-state index in [1.165, 1.54) is 24.4 Å². The summed E-state index contributed by atoms with van der Waals surface area (Å²) >= 11 is 0. The third kappa shape index (κ3) is 3.37. The van der Waals surface area contributed by atoms with E-state index in [9.17, 15) is 17.1 Å². The first-order valence-corrected chi connectivity index (χ1v) is 7.03. The highest BCUT2D eigenvalue weighted by Crippen LogP contribution is 2.25. The average molecular weight is 289 g/mol. The molecular weight excluding hydrogens is 277 g/mol. The predicted molar refractivity (Wildman–Crippen MR) is 63.9 cm³/mol. The van der Waals surface area contributed by atoms with Crippen LogP contribution in [0.4, 0.5) is 9.57 Å². The van der Waals surface area contributed by atoms with Crippen molar-refractivity contribution in [3.05, 3.63) is 12.4 Å². The van der Waals surface area contributed by atoms with Gasteiger partial charge in [0.15, 0.2) is 0 Å². The summed E-state index contributed by atoms with van der Waals surface area (Å²) in [5.41, 5.74) is 0.435. The molecule has 0 radical (unpaired) electrons. The number of nitrogens with zero attached hydrogens (tertiary/aromatic N) is 3. The van der Waals surface area contributed by atoms with E-state index in [-0.39, 0.29) is 24.9 Å². The lowest BCUT2D eigenvalue weighted by Crippen LogP contribution is -2.25. The minimum Gasteiger partial charge on any atom is -0.467 e. The molecule has 0 aromatic carbocycles. The SMILES string of the molecule is COc1ncc(N2CC(CS(=O)(=O)F)CC2=O)cn1. The molecule has 1 aliphatic rings. The Bertz CT molecular complexity index is 575. The van der Waals surface area contributed by atoms with E-state index in [1.807, 2.05) is 0 Å². The van der Waals surface area contributed by atoms with Crippen molar-refractivity contribution in [2.45, 2.75) is 6.42 Å². The molecule has 2 heterocycles. The van der Waals surface area contributed by atoms with E-state index in [0.717, 1.165) is 0 Å². The smallest absolute Gasteiger partial charge is 0.316 e. The molecule has 1 aromatic heterocycles. The third-order valence-corrected chi connectivity index (χ3v) is 3.62. The molecule has 0 bridgehead atoms. The molecule has 1 unspecified atom stereocenters. The predicted octanol–water partition coefficient (Wildman–Crippen LogP) is 0.137. The molecule has 104 valence electrons. The molecule has 1 aliphatic heterocycles. The minimum absolute atomic E-state index is 0.00478. The van der Waals surface area contributed by atoms with Crippen LogP contribution in [0.1, 0.15) is 6.42 Å². The molecule has 0 spiro atoms. The summed E-state index contributed by atoms with van der Waals surface area (Å²) in [6.45, 7) is 0.137. The van der Waals surface area contributed by atoms with Gasteiger partial charge in [0.2, 0.25) is 5.91 Å². The van der Waals surface area contributed by atoms with Gasteiger partial charge in [-0.15, -0.1) is 3.89 Å². The summed E-state index contributed by atoms with van der Waals surface area (Å²) in [7, 11) is -3.16. The van der Waals surface area contributed by atoms with E-state index in [4.69, 9.17) is 4.74 Å². The van der Waals surface area contributed by atoms with Crippen LogP contribution in [0, 0.1) is 5.92 Å². The summed E-state index contributed by atoms with van der Waals surface area (Å²) in [5.74, 6) is -1.47. The van der Waals surface area contributed by atoms with Crippen LogP contribution in [0.2, 0.25) is 0 Å². The van der Waals surface area contributed by atoms with Gasteiger partial charge >= 0.3 is 16.2 Å². The van der Waals surface area contributed by atoms with E-state index in [0.29, 0.717) is 5.69 Å². The molecule has 1 fully saturated rings. The first kappa shape index (κ1) is 13.7. The Morgan fingerprint density at radius 1 is 1.47 bits per heavy atom. The molecule has 1 atom stereocenters. The fourth-order valence-electron chi connectivity index (χ4n) is 1.98. The van der Waals surface area contributed by atoms with Crippen molar-refractivity contribution >= 4 is 21.8 Å². The number of amides is 1. The summed E-state index contributed by atoms with van der Waals surface area (Å²) < 4.78 is 38.6. The fourth-order valence-corrected chi connectivity index (χ4v) is 2.76.